The molecule has 2 heterocycles. The zero-order valence-electron chi connectivity index (χ0n) is 16.4. The van der Waals surface area contributed by atoms with Gasteiger partial charge in [-0.25, -0.2) is 4.98 Å². The number of carbonyl (C=O) groups excluding carboxylic acids is 1. The first-order chi connectivity index (χ1) is 13.7. The van der Waals surface area contributed by atoms with Gasteiger partial charge in [0.2, 0.25) is 5.91 Å². The number of hydrogen-bond acceptors (Lipinski definition) is 4. The Labute approximate surface area is 170 Å². The number of rotatable bonds is 3. The van der Waals surface area contributed by atoms with E-state index in [2.05, 4.69) is 28.4 Å². The second kappa shape index (κ2) is 6.45. The van der Waals surface area contributed by atoms with Crippen LogP contribution in [0.15, 0.2) is 24.3 Å². The summed E-state index contributed by atoms with van der Waals surface area (Å²) in [5, 5.41) is 4.69. The van der Waals surface area contributed by atoms with E-state index >= 15 is 0 Å². The zero-order valence-corrected chi connectivity index (χ0v) is 17.2. The van der Waals surface area contributed by atoms with E-state index in [4.69, 9.17) is 4.98 Å². The summed E-state index contributed by atoms with van der Waals surface area (Å²) in [5.41, 5.74) is 1.20. The van der Waals surface area contributed by atoms with Crippen LogP contribution in [0.5, 0.6) is 0 Å². The van der Waals surface area contributed by atoms with Crippen molar-refractivity contribution in [1.29, 1.82) is 0 Å². The second-order valence-electron chi connectivity index (χ2n) is 9.94. The summed E-state index contributed by atoms with van der Waals surface area (Å²) in [7, 11) is 0. The van der Waals surface area contributed by atoms with Gasteiger partial charge in [-0.15, -0.1) is 0 Å². The van der Waals surface area contributed by atoms with Crippen LogP contribution in [0, 0.1) is 23.7 Å². The van der Waals surface area contributed by atoms with Crippen LogP contribution in [0.2, 0.25) is 0 Å². The molecule has 0 unspecified atom stereocenters. The molecule has 5 aliphatic rings. The third-order valence-corrected chi connectivity index (χ3v) is 8.87. The summed E-state index contributed by atoms with van der Waals surface area (Å²) in [5.74, 6) is 3.04. The Morgan fingerprint density at radius 2 is 1.82 bits per heavy atom. The van der Waals surface area contributed by atoms with Gasteiger partial charge in [-0.2, -0.15) is 0 Å². The van der Waals surface area contributed by atoms with Crippen molar-refractivity contribution in [1.82, 2.24) is 10.3 Å². The van der Waals surface area contributed by atoms with E-state index in [1.165, 1.54) is 43.2 Å². The predicted octanol–water partition coefficient (Wildman–Crippen LogP) is 4.60. The molecule has 1 atom stereocenters. The van der Waals surface area contributed by atoms with Gasteiger partial charge in [0.15, 0.2) is 5.13 Å². The summed E-state index contributed by atoms with van der Waals surface area (Å²) in [4.78, 5) is 20.4. The van der Waals surface area contributed by atoms with Gasteiger partial charge >= 0.3 is 0 Å². The molecule has 4 bridgehead atoms. The highest BCUT2D eigenvalue weighted by Gasteiger charge is 2.52. The summed E-state index contributed by atoms with van der Waals surface area (Å²) in [6, 6.07) is 8.33. The zero-order chi connectivity index (χ0) is 18.7. The number of amides is 1. The molecule has 1 amide bonds. The third kappa shape index (κ3) is 2.94. The van der Waals surface area contributed by atoms with E-state index in [9.17, 15) is 4.79 Å². The highest BCUT2D eigenvalue weighted by atomic mass is 32.1. The fourth-order valence-corrected chi connectivity index (χ4v) is 7.99. The number of piperidine rings is 1. The Balaban J connectivity index is 1.17. The smallest absolute Gasteiger partial charge is 0.225 e. The van der Waals surface area contributed by atoms with Gasteiger partial charge < -0.3 is 10.2 Å². The van der Waals surface area contributed by atoms with Crippen LogP contribution in [-0.2, 0) is 4.79 Å². The lowest BCUT2D eigenvalue weighted by atomic mass is 9.53. The van der Waals surface area contributed by atoms with Gasteiger partial charge in [0, 0.05) is 18.6 Å². The van der Waals surface area contributed by atoms with Crippen LogP contribution in [-0.4, -0.2) is 29.5 Å². The minimum absolute atomic E-state index is 0.105. The molecule has 0 spiro atoms. The molecule has 1 aromatic heterocycles. The summed E-state index contributed by atoms with van der Waals surface area (Å²) >= 11 is 1.76. The standard InChI is InChI=1S/C23H29N3OS/c27-21(25-23-11-15-8-16(12-23)10-17(9-15)13-23)18-4-3-7-26(14-18)22-24-19-5-1-2-6-20(19)28-22/h1-2,5-6,15-18H,3-4,7-14H2,(H,25,27)/t15?,16?,17?,18-,23?/m1/s1. The fourth-order valence-electron chi connectivity index (χ4n) is 6.99. The molecule has 1 aliphatic heterocycles. The van der Waals surface area contributed by atoms with Crippen molar-refractivity contribution >= 4 is 32.6 Å². The Bertz CT molecular complexity index is 838. The van der Waals surface area contributed by atoms with Gasteiger partial charge in [0.25, 0.3) is 0 Å². The molecule has 0 radical (unpaired) electrons. The minimum atomic E-state index is 0.105. The average molecular weight is 396 g/mol. The molecule has 4 nitrogen and oxygen atoms in total. The SMILES string of the molecule is O=C(NC12CC3CC(CC(C3)C1)C2)[C@@H]1CCCN(c2nc3ccccc3s2)C1. The summed E-state index contributed by atoms with van der Waals surface area (Å²) in [6.07, 6.45) is 10.1. The first kappa shape index (κ1) is 17.3. The van der Waals surface area contributed by atoms with E-state index in [1.54, 1.807) is 11.3 Å². The van der Waals surface area contributed by atoms with Crippen molar-refractivity contribution < 1.29 is 4.79 Å². The molecule has 2 aromatic rings. The quantitative estimate of drug-likeness (QED) is 0.826. The monoisotopic (exact) mass is 395 g/mol. The number of aromatic nitrogens is 1. The van der Waals surface area contributed by atoms with Gasteiger partial charge in [-0.1, -0.05) is 23.5 Å². The molecule has 1 saturated heterocycles. The van der Waals surface area contributed by atoms with E-state index in [-0.39, 0.29) is 11.5 Å². The third-order valence-electron chi connectivity index (χ3n) is 7.77. The molecular formula is C23H29N3OS. The molecule has 7 rings (SSSR count). The highest BCUT2D eigenvalue weighted by molar-refractivity contribution is 7.22. The van der Waals surface area contributed by atoms with Crippen LogP contribution in [0.3, 0.4) is 0 Å². The molecule has 28 heavy (non-hydrogen) atoms. The molecule has 4 saturated carbocycles. The Morgan fingerprint density at radius 3 is 2.54 bits per heavy atom. The van der Waals surface area contributed by atoms with Crippen molar-refractivity contribution in [3.8, 4) is 0 Å². The molecular weight excluding hydrogens is 366 g/mol. The largest absolute Gasteiger partial charge is 0.350 e. The molecule has 5 fully saturated rings. The van der Waals surface area contributed by atoms with E-state index in [0.717, 1.165) is 54.3 Å². The number of nitrogens with one attached hydrogen (secondary N) is 1. The molecule has 4 aliphatic carbocycles. The van der Waals surface area contributed by atoms with E-state index in [0.29, 0.717) is 5.91 Å². The van der Waals surface area contributed by atoms with Gasteiger partial charge in [-0.05, 0) is 81.3 Å². The number of para-hydroxylation sites is 1. The van der Waals surface area contributed by atoms with Crippen molar-refractivity contribution in [2.45, 2.75) is 56.9 Å². The van der Waals surface area contributed by atoms with E-state index in [1.807, 2.05) is 6.07 Å². The Kier molecular flexibility index (Phi) is 3.97. The second-order valence-corrected chi connectivity index (χ2v) is 10.9. The normalized spacial score (nSPS) is 36.8. The Morgan fingerprint density at radius 1 is 1.11 bits per heavy atom. The van der Waals surface area contributed by atoms with Crippen LogP contribution in [0.4, 0.5) is 5.13 Å². The number of fused-ring (bicyclic) bond motifs is 1. The number of carbonyl (C=O) groups is 1. The number of hydrogen-bond donors (Lipinski definition) is 1. The van der Waals surface area contributed by atoms with Crippen LogP contribution >= 0.6 is 11.3 Å². The van der Waals surface area contributed by atoms with Crippen LogP contribution in [0.1, 0.15) is 51.4 Å². The van der Waals surface area contributed by atoms with Crippen molar-refractivity contribution in [3.63, 3.8) is 0 Å². The first-order valence-electron chi connectivity index (χ1n) is 11.1. The topological polar surface area (TPSA) is 45.2 Å². The lowest BCUT2D eigenvalue weighted by molar-refractivity contribution is -0.131. The summed E-state index contributed by atoms with van der Waals surface area (Å²) in [6.45, 7) is 1.83. The maximum atomic E-state index is 13.3. The number of anilines is 1. The van der Waals surface area contributed by atoms with Crippen molar-refractivity contribution in [2.75, 3.05) is 18.0 Å². The number of nitrogens with zero attached hydrogens (tertiary/aromatic N) is 2. The number of benzene rings is 1. The minimum Gasteiger partial charge on any atom is -0.350 e. The molecule has 1 N–H and O–H groups in total. The van der Waals surface area contributed by atoms with Crippen LogP contribution < -0.4 is 10.2 Å². The number of thiazole rings is 1. The van der Waals surface area contributed by atoms with Crippen LogP contribution in [0.25, 0.3) is 10.2 Å². The molecule has 1 aromatic carbocycles. The average Bonchev–Trinajstić information content (AvgIpc) is 3.11. The maximum Gasteiger partial charge on any atom is 0.225 e. The predicted molar refractivity (Wildman–Crippen MR) is 114 cm³/mol. The van der Waals surface area contributed by atoms with E-state index < -0.39 is 0 Å². The summed E-state index contributed by atoms with van der Waals surface area (Å²) < 4.78 is 1.23. The molecule has 148 valence electrons. The lowest BCUT2D eigenvalue weighted by Gasteiger charge is -2.57. The van der Waals surface area contributed by atoms with Crippen molar-refractivity contribution in [3.05, 3.63) is 24.3 Å². The lowest BCUT2D eigenvalue weighted by Crippen LogP contribution is -2.61. The maximum absolute atomic E-state index is 13.3. The van der Waals surface area contributed by atoms with Gasteiger partial charge in [-0.3, -0.25) is 4.79 Å². The first-order valence-corrected chi connectivity index (χ1v) is 11.9. The highest BCUT2D eigenvalue weighted by Crippen LogP contribution is 2.55. The molecule has 5 heteroatoms. The van der Waals surface area contributed by atoms with Gasteiger partial charge in [0.1, 0.15) is 0 Å². The van der Waals surface area contributed by atoms with Gasteiger partial charge in [0.05, 0.1) is 16.1 Å². The van der Waals surface area contributed by atoms with Crippen molar-refractivity contribution in [2.24, 2.45) is 23.7 Å². The Hall–Kier alpha value is -1.62. The fraction of sp³-hybridized carbons (Fsp3) is 0.652.